The molecule has 4 heterocycles. The summed E-state index contributed by atoms with van der Waals surface area (Å²) >= 11 is 14.6. The first-order valence-electron chi connectivity index (χ1n) is 16.5. The number of likely N-dealkylation sites (tertiary alicyclic amines) is 1. The number of piperazine rings is 1. The number of carboxylic acids is 2. The van der Waals surface area contributed by atoms with E-state index in [1.807, 2.05) is 11.4 Å². The molecule has 3 aromatic rings. The molecule has 3 aliphatic rings. The summed E-state index contributed by atoms with van der Waals surface area (Å²) in [5.74, 6) is -4.17. The van der Waals surface area contributed by atoms with Crippen LogP contribution >= 0.6 is 34.5 Å². The Kier molecular flexibility index (Phi) is 11.4. The first kappa shape index (κ1) is 35.1. The van der Waals surface area contributed by atoms with Gasteiger partial charge in [-0.2, -0.15) is 0 Å². The van der Waals surface area contributed by atoms with Gasteiger partial charge in [-0.3, -0.25) is 14.6 Å². The summed E-state index contributed by atoms with van der Waals surface area (Å²) in [6.07, 6.45) is 4.35. The second-order valence-corrected chi connectivity index (χ2v) is 14.4. The number of thiazole rings is 1. The SMILES string of the molecule is O=C(O)C1=C(CCc2nccs2)NC(CC(=O)N2CCN(C3CCCN(Cc4ccccc4)C3)CC2)=C(C(=O)O)C1c1c(Cl)cccc1Cl. The fourth-order valence-electron chi connectivity index (χ4n) is 7.25. The van der Waals surface area contributed by atoms with Gasteiger partial charge in [0, 0.05) is 90.3 Å². The van der Waals surface area contributed by atoms with Crippen molar-refractivity contribution < 1.29 is 24.6 Å². The number of nitrogens with zero attached hydrogens (tertiary/aromatic N) is 4. The van der Waals surface area contributed by atoms with Gasteiger partial charge < -0.3 is 20.4 Å². The van der Waals surface area contributed by atoms with Gasteiger partial charge in [0.25, 0.3) is 0 Å². The molecule has 49 heavy (non-hydrogen) atoms. The zero-order valence-electron chi connectivity index (χ0n) is 27.0. The van der Waals surface area contributed by atoms with Crippen LogP contribution in [0.1, 0.15) is 47.7 Å². The summed E-state index contributed by atoms with van der Waals surface area (Å²) in [5, 5.41) is 27.1. The highest BCUT2D eigenvalue weighted by molar-refractivity contribution is 7.09. The normalized spacial score (nSPS) is 20.7. The summed E-state index contributed by atoms with van der Waals surface area (Å²) in [6, 6.07) is 15.6. The van der Waals surface area contributed by atoms with E-state index in [4.69, 9.17) is 23.2 Å². The lowest BCUT2D eigenvalue weighted by molar-refractivity contribution is -0.133. The van der Waals surface area contributed by atoms with Gasteiger partial charge in [-0.15, -0.1) is 11.3 Å². The molecule has 2 aromatic carbocycles. The molecule has 2 fully saturated rings. The minimum atomic E-state index is -1.35. The Labute approximate surface area is 299 Å². The maximum absolute atomic E-state index is 13.9. The number of nitrogens with one attached hydrogen (secondary N) is 1. The maximum atomic E-state index is 13.9. The molecule has 6 rings (SSSR count). The van der Waals surface area contributed by atoms with Gasteiger partial charge in [0.2, 0.25) is 5.91 Å². The second kappa shape index (κ2) is 15.9. The second-order valence-electron chi connectivity index (χ2n) is 12.6. The molecule has 2 unspecified atom stereocenters. The topological polar surface area (TPSA) is 126 Å². The van der Waals surface area contributed by atoms with Gasteiger partial charge in [-0.1, -0.05) is 59.6 Å². The van der Waals surface area contributed by atoms with Crippen molar-refractivity contribution in [3.63, 3.8) is 0 Å². The molecule has 1 aromatic heterocycles. The standard InChI is InChI=1S/C36H39Cl2N5O5S/c37-25-9-4-10-26(38)31(25)34-32(35(45)46)27(11-12-29-39-13-19-49-29)40-28(33(34)36(47)48)20-30(44)43-17-15-42(16-18-43)24-8-5-14-41(22-24)21-23-6-2-1-3-7-23/h1-4,6-7,9-10,13,19,24,34,40H,5,8,11-12,14-18,20-22H2,(H,45,46)(H,47,48). The number of carbonyl (C=O) groups excluding carboxylic acids is 1. The summed E-state index contributed by atoms with van der Waals surface area (Å²) in [4.78, 5) is 50.7. The highest BCUT2D eigenvalue weighted by Gasteiger charge is 2.41. The number of aromatic nitrogens is 1. The van der Waals surface area contributed by atoms with E-state index in [0.29, 0.717) is 31.2 Å². The van der Waals surface area contributed by atoms with Gasteiger partial charge in [0.15, 0.2) is 0 Å². The van der Waals surface area contributed by atoms with Crippen LogP contribution in [-0.2, 0) is 27.3 Å². The van der Waals surface area contributed by atoms with Gasteiger partial charge in [-0.05, 0) is 43.5 Å². The van der Waals surface area contributed by atoms with E-state index in [9.17, 15) is 24.6 Å². The molecular formula is C36H39Cl2N5O5S. The molecule has 3 aliphatic heterocycles. The van der Waals surface area contributed by atoms with Crippen molar-refractivity contribution in [2.24, 2.45) is 0 Å². The Balaban J connectivity index is 1.20. The van der Waals surface area contributed by atoms with Crippen LogP contribution < -0.4 is 5.32 Å². The average Bonchev–Trinajstić information content (AvgIpc) is 3.61. The van der Waals surface area contributed by atoms with Crippen LogP contribution in [0.25, 0.3) is 0 Å². The molecule has 258 valence electrons. The van der Waals surface area contributed by atoms with Crippen LogP contribution in [0, 0.1) is 0 Å². The van der Waals surface area contributed by atoms with Gasteiger partial charge >= 0.3 is 11.9 Å². The zero-order valence-corrected chi connectivity index (χ0v) is 29.3. The van der Waals surface area contributed by atoms with Crippen molar-refractivity contribution in [2.45, 2.75) is 50.6 Å². The predicted molar refractivity (Wildman–Crippen MR) is 190 cm³/mol. The Bertz CT molecular complexity index is 1720. The number of piperidine rings is 1. The van der Waals surface area contributed by atoms with Crippen molar-refractivity contribution in [1.82, 2.24) is 25.0 Å². The minimum Gasteiger partial charge on any atom is -0.478 e. The van der Waals surface area contributed by atoms with E-state index in [-0.39, 0.29) is 51.2 Å². The molecule has 0 spiro atoms. The van der Waals surface area contributed by atoms with Crippen LogP contribution in [0.4, 0.5) is 0 Å². The van der Waals surface area contributed by atoms with Crippen molar-refractivity contribution in [1.29, 1.82) is 0 Å². The van der Waals surface area contributed by atoms with Gasteiger partial charge in [-0.25, -0.2) is 14.6 Å². The minimum absolute atomic E-state index is 0.142. The number of aliphatic carboxylic acids is 2. The number of allylic oxidation sites excluding steroid dienone is 1. The molecule has 0 saturated carbocycles. The van der Waals surface area contributed by atoms with E-state index in [1.165, 1.54) is 16.9 Å². The van der Waals surface area contributed by atoms with E-state index in [2.05, 4.69) is 44.4 Å². The number of carboxylic acid groups (broad SMARTS) is 2. The highest BCUT2D eigenvalue weighted by Crippen LogP contribution is 2.45. The quantitative estimate of drug-likeness (QED) is 0.230. The maximum Gasteiger partial charge on any atom is 0.334 e. The van der Waals surface area contributed by atoms with Crippen LogP contribution in [0.15, 0.2) is 82.6 Å². The third-order valence-electron chi connectivity index (χ3n) is 9.59. The Morgan fingerprint density at radius 3 is 2.22 bits per heavy atom. The van der Waals surface area contributed by atoms with Crippen LogP contribution in [0.5, 0.6) is 0 Å². The van der Waals surface area contributed by atoms with E-state index in [0.717, 1.165) is 50.6 Å². The number of hydrogen-bond donors (Lipinski definition) is 3. The van der Waals surface area contributed by atoms with E-state index in [1.54, 1.807) is 29.3 Å². The van der Waals surface area contributed by atoms with E-state index < -0.39 is 17.9 Å². The van der Waals surface area contributed by atoms with Crippen molar-refractivity contribution in [3.8, 4) is 0 Å². The fourth-order valence-corrected chi connectivity index (χ4v) is 8.48. The third kappa shape index (κ3) is 8.19. The lowest BCUT2D eigenvalue weighted by Crippen LogP contribution is -2.56. The average molecular weight is 725 g/mol. The molecular weight excluding hydrogens is 685 g/mol. The Hall–Kier alpha value is -3.74. The fraction of sp³-hybridized carbons (Fsp3) is 0.389. The van der Waals surface area contributed by atoms with Crippen LogP contribution in [0.2, 0.25) is 10.0 Å². The summed E-state index contributed by atoms with van der Waals surface area (Å²) < 4.78 is 0. The molecule has 0 radical (unpaired) electrons. The largest absolute Gasteiger partial charge is 0.478 e. The molecule has 2 saturated heterocycles. The van der Waals surface area contributed by atoms with Crippen LogP contribution in [0.3, 0.4) is 0 Å². The summed E-state index contributed by atoms with van der Waals surface area (Å²) in [7, 11) is 0. The number of dihydropyridines is 1. The molecule has 0 aliphatic carbocycles. The number of amides is 1. The Morgan fingerprint density at radius 1 is 0.878 bits per heavy atom. The Morgan fingerprint density at radius 2 is 1.57 bits per heavy atom. The number of aryl methyl sites for hydroxylation is 1. The monoisotopic (exact) mass is 723 g/mol. The molecule has 13 heteroatoms. The summed E-state index contributed by atoms with van der Waals surface area (Å²) in [6.45, 7) is 5.49. The molecule has 10 nitrogen and oxygen atoms in total. The third-order valence-corrected chi connectivity index (χ3v) is 11.1. The van der Waals surface area contributed by atoms with Gasteiger partial charge in [0.1, 0.15) is 0 Å². The number of carbonyl (C=O) groups is 3. The first-order valence-corrected chi connectivity index (χ1v) is 18.1. The van der Waals surface area contributed by atoms with Crippen molar-refractivity contribution in [2.75, 3.05) is 39.3 Å². The molecule has 0 bridgehead atoms. The molecule has 3 N–H and O–H groups in total. The lowest BCUT2D eigenvalue weighted by atomic mass is 9.79. The lowest BCUT2D eigenvalue weighted by Gasteiger charge is -2.43. The smallest absolute Gasteiger partial charge is 0.334 e. The van der Waals surface area contributed by atoms with E-state index >= 15 is 0 Å². The zero-order chi connectivity index (χ0) is 34.5. The number of benzene rings is 2. The summed E-state index contributed by atoms with van der Waals surface area (Å²) in [5.41, 5.74) is 1.52. The number of rotatable bonds is 11. The van der Waals surface area contributed by atoms with Gasteiger partial charge in [0.05, 0.1) is 28.5 Å². The van der Waals surface area contributed by atoms with Crippen molar-refractivity contribution in [3.05, 3.63) is 109 Å². The van der Waals surface area contributed by atoms with Crippen LogP contribution in [-0.4, -0.2) is 93.1 Å². The molecule has 1 amide bonds. The van der Waals surface area contributed by atoms with Crippen molar-refractivity contribution >= 4 is 52.4 Å². The molecule has 2 atom stereocenters. The first-order chi connectivity index (χ1) is 23.7. The highest BCUT2D eigenvalue weighted by atomic mass is 35.5. The predicted octanol–water partition coefficient (Wildman–Crippen LogP) is 5.65. The number of hydrogen-bond acceptors (Lipinski definition) is 8. The number of halogens is 2.